The van der Waals surface area contributed by atoms with E-state index >= 15 is 0 Å². The van der Waals surface area contributed by atoms with E-state index < -0.39 is 22.5 Å². The molecule has 0 bridgehead atoms. The number of amidine groups is 1. The molecule has 12 heteroatoms. The van der Waals surface area contributed by atoms with Crippen LogP contribution in [0.3, 0.4) is 0 Å². The zero-order chi connectivity index (χ0) is 28.3. The number of nitrogens with two attached hydrogens (primary N) is 1. The van der Waals surface area contributed by atoms with Crippen LogP contribution in [0.15, 0.2) is 83.9 Å². The number of ether oxygens (including phenoxy) is 2. The van der Waals surface area contributed by atoms with Crippen LogP contribution in [-0.2, 0) is 26.2 Å². The van der Waals surface area contributed by atoms with E-state index in [4.69, 9.17) is 20.6 Å². The third-order valence-electron chi connectivity index (χ3n) is 6.09. The molecule has 204 valence electrons. The lowest BCUT2D eigenvalue weighted by Gasteiger charge is -2.24. The van der Waals surface area contributed by atoms with Gasteiger partial charge in [-0.2, -0.15) is 0 Å². The van der Waals surface area contributed by atoms with E-state index in [0.29, 0.717) is 39.1 Å². The lowest BCUT2D eigenvalue weighted by molar-refractivity contribution is -0.141. The lowest BCUT2D eigenvalue weighted by Crippen LogP contribution is -2.36. The fourth-order valence-corrected chi connectivity index (χ4v) is 5.76. The first-order valence-electron chi connectivity index (χ1n) is 12.3. The number of nitrogens with one attached hydrogen (secondary N) is 2. The molecular formula is C28H26N6O5S. The number of hydrogen-bond acceptors (Lipinski definition) is 8. The fourth-order valence-electron chi connectivity index (χ4n) is 4.19. The van der Waals surface area contributed by atoms with Crippen LogP contribution in [0, 0.1) is 5.41 Å². The van der Waals surface area contributed by atoms with E-state index in [1.54, 1.807) is 73.7 Å². The first kappa shape index (κ1) is 26.6. The fraction of sp³-hybridized carbons (Fsp3) is 0.143. The maximum atomic E-state index is 14.0. The van der Waals surface area contributed by atoms with Crippen LogP contribution in [0.25, 0.3) is 21.9 Å². The number of aromatic nitrogens is 3. The number of para-hydroxylation sites is 1. The number of carbonyl (C=O) groups is 1. The highest BCUT2D eigenvalue weighted by Crippen LogP contribution is 2.30. The van der Waals surface area contributed by atoms with Crippen LogP contribution in [0.5, 0.6) is 5.75 Å². The van der Waals surface area contributed by atoms with E-state index in [2.05, 4.69) is 15.0 Å². The summed E-state index contributed by atoms with van der Waals surface area (Å²) < 4.78 is 39.8. The molecule has 0 aliphatic carbocycles. The predicted molar refractivity (Wildman–Crippen MR) is 151 cm³/mol. The zero-order valence-corrected chi connectivity index (χ0v) is 22.3. The highest BCUT2D eigenvalue weighted by Gasteiger charge is 2.30. The summed E-state index contributed by atoms with van der Waals surface area (Å²) in [7, 11) is -4.23. The van der Waals surface area contributed by atoms with Gasteiger partial charge in [0.25, 0.3) is 10.0 Å². The second kappa shape index (κ2) is 11.0. The van der Waals surface area contributed by atoms with Gasteiger partial charge in [-0.1, -0.05) is 18.2 Å². The number of anilines is 1. The Morgan fingerprint density at radius 1 is 1.07 bits per heavy atom. The van der Waals surface area contributed by atoms with Crippen LogP contribution < -0.4 is 14.8 Å². The second-order valence-electron chi connectivity index (χ2n) is 8.76. The van der Waals surface area contributed by atoms with Crippen molar-refractivity contribution in [3.63, 3.8) is 0 Å². The summed E-state index contributed by atoms with van der Waals surface area (Å²) >= 11 is 0. The molecule has 0 atom stereocenters. The minimum atomic E-state index is -4.23. The molecular weight excluding hydrogens is 532 g/mol. The molecule has 0 saturated heterocycles. The van der Waals surface area contributed by atoms with Crippen molar-refractivity contribution in [2.24, 2.45) is 5.73 Å². The highest BCUT2D eigenvalue weighted by molar-refractivity contribution is 7.93. The van der Waals surface area contributed by atoms with Crippen molar-refractivity contribution in [2.45, 2.75) is 18.4 Å². The molecule has 2 heterocycles. The molecule has 11 nitrogen and oxygen atoms in total. The van der Waals surface area contributed by atoms with Crippen molar-refractivity contribution >= 4 is 49.5 Å². The van der Waals surface area contributed by atoms with Crippen molar-refractivity contribution < 1.29 is 22.7 Å². The minimum absolute atomic E-state index is 0.0260. The number of aromatic amines is 1. The molecule has 0 radical (unpaired) electrons. The maximum absolute atomic E-state index is 14.0. The first-order chi connectivity index (χ1) is 19.3. The van der Waals surface area contributed by atoms with E-state index in [1.807, 2.05) is 0 Å². The number of rotatable bonds is 10. The van der Waals surface area contributed by atoms with Crippen LogP contribution in [0.4, 0.5) is 5.69 Å². The number of nitrogen functional groups attached to an aromatic ring is 1. The summed E-state index contributed by atoms with van der Waals surface area (Å²) in [6.07, 6.45) is 1.52. The van der Waals surface area contributed by atoms with Crippen LogP contribution in [0.2, 0.25) is 0 Å². The Labute approximate surface area is 230 Å². The Hall–Kier alpha value is -4.97. The van der Waals surface area contributed by atoms with Gasteiger partial charge in [0.2, 0.25) is 0 Å². The Morgan fingerprint density at radius 2 is 1.85 bits per heavy atom. The molecule has 0 aliphatic heterocycles. The number of hydrogen-bond donors (Lipinski definition) is 3. The lowest BCUT2D eigenvalue weighted by atomic mass is 10.2. The van der Waals surface area contributed by atoms with Crippen molar-refractivity contribution in [1.29, 1.82) is 5.41 Å². The maximum Gasteiger partial charge on any atom is 0.326 e. The van der Waals surface area contributed by atoms with Crippen molar-refractivity contribution in [1.82, 2.24) is 15.0 Å². The van der Waals surface area contributed by atoms with Gasteiger partial charge in [0, 0.05) is 17.1 Å². The summed E-state index contributed by atoms with van der Waals surface area (Å²) in [5.41, 5.74) is 7.77. The number of imidazole rings is 1. The highest BCUT2D eigenvalue weighted by atomic mass is 32.2. The number of fused-ring (bicyclic) bond motifs is 2. The average Bonchev–Trinajstić information content (AvgIpc) is 3.37. The van der Waals surface area contributed by atoms with Gasteiger partial charge in [-0.25, -0.2) is 13.4 Å². The monoisotopic (exact) mass is 558 g/mol. The van der Waals surface area contributed by atoms with Gasteiger partial charge in [0.15, 0.2) is 0 Å². The largest absolute Gasteiger partial charge is 0.486 e. The Morgan fingerprint density at radius 3 is 2.60 bits per heavy atom. The molecule has 0 spiro atoms. The van der Waals surface area contributed by atoms with Crippen molar-refractivity contribution in [3.8, 4) is 5.75 Å². The van der Waals surface area contributed by atoms with Gasteiger partial charge in [0.1, 0.15) is 35.5 Å². The van der Waals surface area contributed by atoms with E-state index in [0.717, 1.165) is 4.31 Å². The Balaban J connectivity index is 1.47. The molecule has 0 aliphatic rings. The molecule has 2 aromatic heterocycles. The smallest absolute Gasteiger partial charge is 0.326 e. The van der Waals surface area contributed by atoms with E-state index in [9.17, 15) is 13.2 Å². The van der Waals surface area contributed by atoms with Crippen LogP contribution in [-0.4, -0.2) is 48.3 Å². The van der Waals surface area contributed by atoms with E-state index in [-0.39, 0.29) is 29.6 Å². The molecule has 4 N–H and O–H groups in total. The molecule has 40 heavy (non-hydrogen) atoms. The number of benzene rings is 3. The van der Waals surface area contributed by atoms with Gasteiger partial charge in [0.05, 0.1) is 28.8 Å². The normalized spacial score (nSPS) is 11.4. The van der Waals surface area contributed by atoms with Gasteiger partial charge >= 0.3 is 5.97 Å². The van der Waals surface area contributed by atoms with Gasteiger partial charge < -0.3 is 20.2 Å². The number of carbonyl (C=O) groups excluding carboxylic acids is 1. The number of H-pyrrole nitrogens is 1. The van der Waals surface area contributed by atoms with E-state index in [1.165, 1.54) is 12.3 Å². The third-order valence-corrected chi connectivity index (χ3v) is 7.89. The molecule has 0 amide bonds. The van der Waals surface area contributed by atoms with Gasteiger partial charge in [-0.05, 0) is 61.5 Å². The number of nitrogens with zero attached hydrogens (tertiary/aromatic N) is 3. The van der Waals surface area contributed by atoms with Gasteiger partial charge in [-0.15, -0.1) is 0 Å². The summed E-state index contributed by atoms with van der Waals surface area (Å²) in [5.74, 6) is 0.365. The SMILES string of the molecule is CCOC(=O)CN(c1ccc2[nH]c(COc3ccc(C(=N)N)cc3)nc2c1)S(=O)(=O)c1cccc2cccnc12. The van der Waals surface area contributed by atoms with Crippen molar-refractivity contribution in [2.75, 3.05) is 17.5 Å². The molecule has 5 rings (SSSR count). The van der Waals surface area contributed by atoms with Crippen LogP contribution >= 0.6 is 0 Å². The summed E-state index contributed by atoms with van der Waals surface area (Å²) in [5, 5.41) is 8.14. The van der Waals surface area contributed by atoms with Crippen LogP contribution in [0.1, 0.15) is 18.3 Å². The zero-order valence-electron chi connectivity index (χ0n) is 21.5. The summed E-state index contributed by atoms with van der Waals surface area (Å²) in [6.45, 7) is 1.36. The second-order valence-corrected chi connectivity index (χ2v) is 10.6. The molecule has 0 fully saturated rings. The minimum Gasteiger partial charge on any atom is -0.486 e. The van der Waals surface area contributed by atoms with Crippen molar-refractivity contribution in [3.05, 3.63) is 90.4 Å². The number of sulfonamides is 1. The molecule has 3 aromatic carbocycles. The first-order valence-corrected chi connectivity index (χ1v) is 13.8. The molecule has 0 unspecified atom stereocenters. The predicted octanol–water partition coefficient (Wildman–Crippen LogP) is 3.73. The number of esters is 1. The average molecular weight is 559 g/mol. The summed E-state index contributed by atoms with van der Waals surface area (Å²) in [4.78, 5) is 24.5. The molecule has 5 aromatic rings. The standard InChI is InChI=1S/C28H26N6O5S/c1-2-38-26(35)16-34(40(36,37)24-7-3-5-18-6-4-14-31-27(18)24)20-10-13-22-23(15-20)33-25(32-22)17-39-21-11-8-19(9-12-21)28(29)30/h3-15H,2,16-17H2,1H3,(H3,29,30)(H,32,33). The Kier molecular flexibility index (Phi) is 7.34. The summed E-state index contributed by atoms with van der Waals surface area (Å²) in [6, 6.07) is 20.0. The van der Waals surface area contributed by atoms with Gasteiger partial charge in [-0.3, -0.25) is 19.5 Å². The molecule has 0 saturated carbocycles. The quantitative estimate of drug-likeness (QED) is 0.133. The topological polar surface area (TPSA) is 164 Å². The number of pyridine rings is 1. The Bertz CT molecular complexity index is 1810. The third kappa shape index (κ3) is 5.43.